The second-order valence-corrected chi connectivity index (χ2v) is 10.5. The number of aliphatic hydroxyl groups is 2. The van der Waals surface area contributed by atoms with Crippen molar-refractivity contribution in [2.24, 2.45) is 0 Å². The summed E-state index contributed by atoms with van der Waals surface area (Å²) in [4.78, 5) is 18.5. The summed E-state index contributed by atoms with van der Waals surface area (Å²) in [6.07, 6.45) is 1.20. The maximum atomic E-state index is 13.6. The van der Waals surface area contributed by atoms with Gasteiger partial charge in [0.1, 0.15) is 30.4 Å². The molecule has 9 heteroatoms. The number of hydrogen-bond donors (Lipinski definition) is 2. The van der Waals surface area contributed by atoms with Gasteiger partial charge in [-0.25, -0.2) is 4.39 Å². The normalized spacial score (nSPS) is 22.5. The zero-order valence-electron chi connectivity index (χ0n) is 21.7. The van der Waals surface area contributed by atoms with E-state index < -0.39 is 17.0 Å². The van der Waals surface area contributed by atoms with Crippen LogP contribution in [-0.4, -0.2) is 103 Å². The van der Waals surface area contributed by atoms with Crippen molar-refractivity contribution in [2.75, 3.05) is 71.0 Å². The minimum Gasteiger partial charge on any atom is -0.490 e. The van der Waals surface area contributed by atoms with Gasteiger partial charge in [0, 0.05) is 58.1 Å². The summed E-state index contributed by atoms with van der Waals surface area (Å²) in [6.45, 7) is 4.88. The average molecular weight is 516 g/mol. The molecule has 8 nitrogen and oxygen atoms in total. The Morgan fingerprint density at radius 2 is 1.76 bits per heavy atom. The van der Waals surface area contributed by atoms with Gasteiger partial charge in [-0.3, -0.25) is 9.69 Å². The number of hydrogen-bond acceptors (Lipinski definition) is 7. The number of methoxy groups -OCH3 is 1. The molecular formula is C28H38FN3O5. The van der Waals surface area contributed by atoms with Crippen molar-refractivity contribution in [3.8, 4) is 5.75 Å². The van der Waals surface area contributed by atoms with E-state index in [4.69, 9.17) is 9.47 Å². The SMILES string of the molecule is COCC(=O)N1CCN(CC2(O)CCN(c3cccc(C)c3)CC2)CC(O)(COc2cccc(F)c2)C1. The predicted octanol–water partition coefficient (Wildman–Crippen LogP) is 2.07. The number of anilines is 1. The number of carbonyl (C=O) groups is 1. The third-order valence-corrected chi connectivity index (χ3v) is 7.19. The number of aryl methyl sites for hydroxylation is 1. The molecule has 2 aliphatic heterocycles. The third kappa shape index (κ3) is 7.41. The molecule has 0 aromatic heterocycles. The number of β-amino-alcohol motifs (C(OH)–C–C–N with tert-alkyl or cyclic N) is 2. The molecule has 1 amide bonds. The lowest BCUT2D eigenvalue weighted by molar-refractivity contribution is -0.138. The third-order valence-electron chi connectivity index (χ3n) is 7.19. The van der Waals surface area contributed by atoms with Crippen molar-refractivity contribution in [2.45, 2.75) is 31.0 Å². The largest absolute Gasteiger partial charge is 0.490 e. The maximum Gasteiger partial charge on any atom is 0.248 e. The van der Waals surface area contributed by atoms with Gasteiger partial charge in [0.05, 0.1) is 12.1 Å². The van der Waals surface area contributed by atoms with E-state index in [1.165, 1.54) is 24.8 Å². The molecule has 1 unspecified atom stereocenters. The minimum absolute atomic E-state index is 0.0561. The number of amides is 1. The van der Waals surface area contributed by atoms with Crippen LogP contribution >= 0.6 is 0 Å². The first-order valence-corrected chi connectivity index (χ1v) is 12.8. The van der Waals surface area contributed by atoms with Crippen LogP contribution in [0.3, 0.4) is 0 Å². The van der Waals surface area contributed by atoms with Gasteiger partial charge in [0.25, 0.3) is 0 Å². The lowest BCUT2D eigenvalue weighted by atomic mass is 9.90. The van der Waals surface area contributed by atoms with Gasteiger partial charge in [-0.2, -0.15) is 0 Å². The molecule has 0 radical (unpaired) electrons. The highest BCUT2D eigenvalue weighted by Gasteiger charge is 2.41. The molecule has 2 aliphatic rings. The van der Waals surface area contributed by atoms with E-state index in [-0.39, 0.29) is 32.2 Å². The van der Waals surface area contributed by atoms with E-state index >= 15 is 0 Å². The van der Waals surface area contributed by atoms with Crippen molar-refractivity contribution >= 4 is 11.6 Å². The Labute approximate surface area is 218 Å². The van der Waals surface area contributed by atoms with Gasteiger partial charge in [-0.05, 0) is 49.6 Å². The second-order valence-electron chi connectivity index (χ2n) is 10.5. The van der Waals surface area contributed by atoms with Crippen molar-refractivity contribution in [1.29, 1.82) is 0 Å². The van der Waals surface area contributed by atoms with Gasteiger partial charge < -0.3 is 29.5 Å². The van der Waals surface area contributed by atoms with Gasteiger partial charge in [-0.15, -0.1) is 0 Å². The van der Waals surface area contributed by atoms with Crippen LogP contribution in [0.15, 0.2) is 48.5 Å². The summed E-state index contributed by atoms with van der Waals surface area (Å²) >= 11 is 0. The molecule has 2 aromatic rings. The summed E-state index contributed by atoms with van der Waals surface area (Å²) < 4.78 is 24.4. The van der Waals surface area contributed by atoms with Crippen LogP contribution in [0.5, 0.6) is 5.75 Å². The lowest BCUT2D eigenvalue weighted by Crippen LogP contribution is -2.56. The zero-order chi connectivity index (χ0) is 26.5. The molecule has 0 spiro atoms. The predicted molar refractivity (Wildman–Crippen MR) is 139 cm³/mol. The van der Waals surface area contributed by atoms with Gasteiger partial charge in [0.15, 0.2) is 0 Å². The smallest absolute Gasteiger partial charge is 0.248 e. The van der Waals surface area contributed by atoms with Crippen molar-refractivity contribution in [3.63, 3.8) is 0 Å². The topological polar surface area (TPSA) is 85.7 Å². The minimum atomic E-state index is -1.41. The van der Waals surface area contributed by atoms with E-state index in [1.54, 1.807) is 17.0 Å². The van der Waals surface area contributed by atoms with Crippen LogP contribution < -0.4 is 9.64 Å². The Kier molecular flexibility index (Phi) is 8.69. The molecular weight excluding hydrogens is 477 g/mol. The molecule has 4 rings (SSSR count). The Bertz CT molecular complexity index is 1060. The Morgan fingerprint density at radius 1 is 1.00 bits per heavy atom. The van der Waals surface area contributed by atoms with Gasteiger partial charge >= 0.3 is 0 Å². The van der Waals surface area contributed by atoms with E-state index in [0.29, 0.717) is 38.2 Å². The summed E-state index contributed by atoms with van der Waals surface area (Å²) in [7, 11) is 1.46. The van der Waals surface area contributed by atoms with E-state index in [9.17, 15) is 19.4 Å². The molecule has 2 heterocycles. The highest BCUT2D eigenvalue weighted by molar-refractivity contribution is 5.77. The number of benzene rings is 2. The average Bonchev–Trinajstić information content (AvgIpc) is 3.02. The molecule has 1 atom stereocenters. The van der Waals surface area contributed by atoms with Crippen LogP contribution in [0, 0.1) is 12.7 Å². The second kappa shape index (κ2) is 11.8. The molecule has 2 saturated heterocycles. The summed E-state index contributed by atoms with van der Waals surface area (Å²) in [5.74, 6) is -0.344. The van der Waals surface area contributed by atoms with E-state index in [0.717, 1.165) is 18.8 Å². The molecule has 37 heavy (non-hydrogen) atoms. The summed E-state index contributed by atoms with van der Waals surface area (Å²) in [6, 6.07) is 14.1. The van der Waals surface area contributed by atoms with Crippen LogP contribution in [0.1, 0.15) is 18.4 Å². The Hall–Kier alpha value is -2.72. The Balaban J connectivity index is 1.43. The highest BCUT2D eigenvalue weighted by Crippen LogP contribution is 2.29. The van der Waals surface area contributed by atoms with Crippen LogP contribution in [-0.2, 0) is 9.53 Å². The monoisotopic (exact) mass is 515 g/mol. The van der Waals surface area contributed by atoms with Crippen molar-refractivity contribution < 1.29 is 28.9 Å². The molecule has 202 valence electrons. The lowest BCUT2D eigenvalue weighted by Gasteiger charge is -2.42. The number of rotatable bonds is 8. The number of halogens is 1. The van der Waals surface area contributed by atoms with Gasteiger partial charge in [-0.1, -0.05) is 18.2 Å². The molecule has 2 aromatic carbocycles. The van der Waals surface area contributed by atoms with Crippen LogP contribution in [0.25, 0.3) is 0 Å². The fourth-order valence-corrected chi connectivity index (χ4v) is 5.25. The maximum absolute atomic E-state index is 13.6. The molecule has 2 fully saturated rings. The first kappa shape index (κ1) is 27.3. The number of nitrogens with zero attached hydrogens (tertiary/aromatic N) is 3. The zero-order valence-corrected chi connectivity index (χ0v) is 21.7. The first-order valence-electron chi connectivity index (χ1n) is 12.8. The van der Waals surface area contributed by atoms with E-state index in [2.05, 4.69) is 30.0 Å². The van der Waals surface area contributed by atoms with Gasteiger partial charge in [0.2, 0.25) is 5.91 Å². The summed E-state index contributed by atoms with van der Waals surface area (Å²) in [5, 5.41) is 23.1. The fraction of sp³-hybridized carbons (Fsp3) is 0.536. The molecule has 0 aliphatic carbocycles. The van der Waals surface area contributed by atoms with Crippen molar-refractivity contribution in [3.05, 3.63) is 59.9 Å². The molecule has 2 N–H and O–H groups in total. The van der Waals surface area contributed by atoms with Crippen LogP contribution in [0.2, 0.25) is 0 Å². The molecule has 0 bridgehead atoms. The number of piperidine rings is 1. The number of carbonyl (C=O) groups excluding carboxylic acids is 1. The quantitative estimate of drug-likeness (QED) is 0.557. The van der Waals surface area contributed by atoms with Crippen molar-refractivity contribution in [1.82, 2.24) is 9.80 Å². The molecule has 0 saturated carbocycles. The number of ether oxygens (including phenoxy) is 2. The highest BCUT2D eigenvalue weighted by atomic mass is 19.1. The Morgan fingerprint density at radius 3 is 2.46 bits per heavy atom. The summed E-state index contributed by atoms with van der Waals surface area (Å²) in [5.41, 5.74) is 0.0458. The standard InChI is InChI=1S/C28H38FN3O5/c1-22-5-3-7-24(15-22)31-11-9-27(34,10-12-31)18-30-13-14-32(26(33)17-36-2)20-28(35,19-30)21-37-25-8-4-6-23(29)16-25/h3-8,15-16,34-35H,9-14,17-21H2,1-2H3. The first-order chi connectivity index (χ1) is 17.7. The fourth-order valence-electron chi connectivity index (χ4n) is 5.25. The van der Waals surface area contributed by atoms with Crippen LogP contribution in [0.4, 0.5) is 10.1 Å². The van der Waals surface area contributed by atoms with E-state index in [1.807, 2.05) is 11.0 Å².